The Morgan fingerprint density at radius 1 is 1.41 bits per heavy atom. The number of nitrogens with one attached hydrogen (secondary N) is 1. The van der Waals surface area contributed by atoms with Gasteiger partial charge in [-0.1, -0.05) is 43.0 Å². The average molecular weight is 248 g/mol. The molecule has 0 bridgehead atoms. The largest absolute Gasteiger partial charge is 0.361 e. The van der Waals surface area contributed by atoms with Crippen molar-refractivity contribution in [2.45, 2.75) is 32.7 Å². The van der Waals surface area contributed by atoms with Crippen LogP contribution in [0.25, 0.3) is 0 Å². The van der Waals surface area contributed by atoms with E-state index in [1.54, 1.807) is 0 Å². The van der Waals surface area contributed by atoms with Gasteiger partial charge in [-0.2, -0.15) is 0 Å². The van der Waals surface area contributed by atoms with Crippen LogP contribution in [0.3, 0.4) is 0 Å². The Morgan fingerprint density at radius 3 is 2.94 bits per heavy atom. The van der Waals surface area contributed by atoms with Gasteiger partial charge in [0.05, 0.1) is 0 Å². The number of thioether (sulfide) groups is 1. The lowest BCUT2D eigenvalue weighted by Crippen LogP contribution is -2.25. The molecule has 1 aromatic carbocycles. The minimum atomic E-state index is 0.622. The lowest BCUT2D eigenvalue weighted by Gasteiger charge is -2.05. The van der Waals surface area contributed by atoms with Gasteiger partial charge in [-0.05, 0) is 30.9 Å². The fraction of sp³-hybridized carbons (Fsp3) is 0.500. The molecule has 0 saturated carbocycles. The van der Waals surface area contributed by atoms with Gasteiger partial charge < -0.3 is 5.32 Å². The van der Waals surface area contributed by atoms with Crippen molar-refractivity contribution in [2.24, 2.45) is 4.99 Å². The molecule has 1 atom stereocenters. The highest BCUT2D eigenvalue weighted by molar-refractivity contribution is 8.14. The topological polar surface area (TPSA) is 24.4 Å². The van der Waals surface area contributed by atoms with Crippen LogP contribution in [0.2, 0.25) is 0 Å². The number of rotatable bonds is 4. The second-order valence-electron chi connectivity index (χ2n) is 4.42. The fourth-order valence-corrected chi connectivity index (χ4v) is 3.03. The van der Waals surface area contributed by atoms with Crippen LogP contribution < -0.4 is 5.32 Å². The Kier molecular flexibility index (Phi) is 4.49. The third-order valence-corrected chi connectivity index (χ3v) is 4.23. The van der Waals surface area contributed by atoms with Crippen molar-refractivity contribution in [1.82, 2.24) is 5.32 Å². The maximum absolute atomic E-state index is 4.63. The molecule has 0 aromatic heterocycles. The molecule has 2 rings (SSSR count). The Hall–Kier alpha value is -0.960. The van der Waals surface area contributed by atoms with Gasteiger partial charge in [0.2, 0.25) is 0 Å². The van der Waals surface area contributed by atoms with Crippen molar-refractivity contribution in [3.05, 3.63) is 35.4 Å². The second kappa shape index (κ2) is 6.10. The van der Waals surface area contributed by atoms with E-state index in [1.807, 2.05) is 11.8 Å². The van der Waals surface area contributed by atoms with Gasteiger partial charge in [0.25, 0.3) is 0 Å². The third-order valence-electron chi connectivity index (χ3n) is 3.14. The number of nitrogens with zero attached hydrogens (tertiary/aromatic N) is 1. The zero-order valence-corrected chi connectivity index (χ0v) is 11.4. The number of hydrogen-bond donors (Lipinski definition) is 1. The van der Waals surface area contributed by atoms with Crippen molar-refractivity contribution < 1.29 is 0 Å². The van der Waals surface area contributed by atoms with E-state index >= 15 is 0 Å². The molecular formula is C14H20N2S. The van der Waals surface area contributed by atoms with E-state index in [0.717, 1.165) is 18.1 Å². The van der Waals surface area contributed by atoms with Gasteiger partial charge in [0.15, 0.2) is 5.17 Å². The van der Waals surface area contributed by atoms with Crippen LogP contribution >= 0.6 is 11.8 Å². The molecule has 3 heteroatoms. The van der Waals surface area contributed by atoms with Crippen LogP contribution in [0, 0.1) is 6.92 Å². The first-order valence-electron chi connectivity index (χ1n) is 6.28. The van der Waals surface area contributed by atoms with E-state index in [1.165, 1.54) is 23.3 Å². The summed E-state index contributed by atoms with van der Waals surface area (Å²) in [7, 11) is 0. The van der Waals surface area contributed by atoms with Crippen molar-refractivity contribution in [3.8, 4) is 0 Å². The van der Waals surface area contributed by atoms with Crippen molar-refractivity contribution in [2.75, 3.05) is 12.3 Å². The molecule has 1 unspecified atom stereocenters. The van der Waals surface area contributed by atoms with Crippen molar-refractivity contribution in [1.29, 1.82) is 0 Å². The summed E-state index contributed by atoms with van der Waals surface area (Å²) in [6.45, 7) is 5.27. The van der Waals surface area contributed by atoms with Crippen LogP contribution in [0.15, 0.2) is 29.3 Å². The van der Waals surface area contributed by atoms with Crippen LogP contribution in [-0.4, -0.2) is 23.5 Å². The lowest BCUT2D eigenvalue weighted by molar-refractivity contribution is 0.667. The first kappa shape index (κ1) is 12.5. The number of hydrogen-bond acceptors (Lipinski definition) is 2. The Bertz CT molecular complexity index is 401. The number of aliphatic imine (C=N–C) groups is 1. The van der Waals surface area contributed by atoms with E-state index < -0.39 is 0 Å². The molecule has 1 aliphatic rings. The average Bonchev–Trinajstić information content (AvgIpc) is 2.80. The second-order valence-corrected chi connectivity index (χ2v) is 5.43. The first-order chi connectivity index (χ1) is 8.29. The van der Waals surface area contributed by atoms with Gasteiger partial charge in [-0.3, -0.25) is 4.99 Å². The third kappa shape index (κ3) is 3.50. The Morgan fingerprint density at radius 2 is 2.24 bits per heavy atom. The van der Waals surface area contributed by atoms with Gasteiger partial charge in [0.1, 0.15) is 0 Å². The highest BCUT2D eigenvalue weighted by Gasteiger charge is 2.17. The molecule has 1 N–H and O–H groups in total. The highest BCUT2D eigenvalue weighted by Crippen LogP contribution is 2.16. The van der Waals surface area contributed by atoms with Gasteiger partial charge >= 0.3 is 0 Å². The molecular weight excluding hydrogens is 228 g/mol. The Labute approximate surface area is 108 Å². The summed E-state index contributed by atoms with van der Waals surface area (Å²) in [5.41, 5.74) is 2.78. The molecule has 1 aromatic rings. The number of amidine groups is 1. The van der Waals surface area contributed by atoms with Crippen LogP contribution in [0.1, 0.15) is 24.5 Å². The van der Waals surface area contributed by atoms with Gasteiger partial charge in [0, 0.05) is 18.3 Å². The van der Waals surface area contributed by atoms with Gasteiger partial charge in [-0.25, -0.2) is 0 Å². The van der Waals surface area contributed by atoms with E-state index in [0.29, 0.717) is 6.04 Å². The maximum atomic E-state index is 4.63. The number of aryl methyl sites for hydroxylation is 1. The van der Waals surface area contributed by atoms with Crippen LogP contribution in [0.4, 0.5) is 0 Å². The standard InChI is InChI=1S/C14H20N2S/c1-3-13-10-17-14(16-13)15-9-8-12-7-5-4-6-11(12)2/h4-7,13H,3,8-10H2,1-2H3,(H,15,16). The molecule has 0 spiro atoms. The van der Waals surface area contributed by atoms with Crippen molar-refractivity contribution >= 4 is 16.9 Å². The molecule has 0 aliphatic carbocycles. The molecule has 0 amide bonds. The molecule has 1 saturated heterocycles. The zero-order chi connectivity index (χ0) is 12.1. The minimum Gasteiger partial charge on any atom is -0.361 e. The molecule has 1 fully saturated rings. The van der Waals surface area contributed by atoms with Crippen LogP contribution in [-0.2, 0) is 6.42 Å². The zero-order valence-electron chi connectivity index (χ0n) is 10.6. The van der Waals surface area contributed by atoms with E-state index in [2.05, 4.69) is 48.4 Å². The predicted molar refractivity (Wildman–Crippen MR) is 76.9 cm³/mol. The minimum absolute atomic E-state index is 0.622. The monoisotopic (exact) mass is 248 g/mol. The summed E-state index contributed by atoms with van der Waals surface area (Å²) in [5.74, 6) is 1.17. The summed E-state index contributed by atoms with van der Waals surface area (Å²) < 4.78 is 0. The summed E-state index contributed by atoms with van der Waals surface area (Å²) in [6, 6.07) is 9.17. The molecule has 1 aliphatic heterocycles. The summed E-state index contributed by atoms with van der Waals surface area (Å²) >= 11 is 1.85. The van der Waals surface area contributed by atoms with Crippen LogP contribution in [0.5, 0.6) is 0 Å². The SMILES string of the molecule is CCC1CSC(=NCCc2ccccc2C)N1. The molecule has 2 nitrogen and oxygen atoms in total. The van der Waals surface area contributed by atoms with Gasteiger partial charge in [-0.15, -0.1) is 0 Å². The maximum Gasteiger partial charge on any atom is 0.156 e. The Balaban J connectivity index is 1.84. The van der Waals surface area contributed by atoms with Crippen molar-refractivity contribution in [3.63, 3.8) is 0 Å². The summed E-state index contributed by atoms with van der Waals surface area (Å²) in [5, 5.41) is 4.58. The first-order valence-corrected chi connectivity index (χ1v) is 7.26. The van der Waals surface area contributed by atoms with E-state index in [9.17, 15) is 0 Å². The predicted octanol–water partition coefficient (Wildman–Crippen LogP) is 3.01. The lowest BCUT2D eigenvalue weighted by atomic mass is 10.1. The molecule has 17 heavy (non-hydrogen) atoms. The normalized spacial score (nSPS) is 21.8. The molecule has 0 radical (unpaired) electrons. The quantitative estimate of drug-likeness (QED) is 0.886. The summed E-state index contributed by atoms with van der Waals surface area (Å²) in [6.07, 6.45) is 2.22. The fourth-order valence-electron chi connectivity index (χ4n) is 1.92. The number of benzene rings is 1. The molecule has 1 heterocycles. The summed E-state index contributed by atoms with van der Waals surface area (Å²) in [4.78, 5) is 4.63. The van der Waals surface area contributed by atoms with E-state index in [4.69, 9.17) is 0 Å². The molecule has 92 valence electrons. The van der Waals surface area contributed by atoms with E-state index in [-0.39, 0.29) is 0 Å². The smallest absolute Gasteiger partial charge is 0.156 e. The highest BCUT2D eigenvalue weighted by atomic mass is 32.2.